The number of rotatable bonds is 7. The van der Waals surface area contributed by atoms with Gasteiger partial charge in [-0.3, -0.25) is 10.1 Å². The van der Waals surface area contributed by atoms with Crippen LogP contribution in [0.4, 0.5) is 11.4 Å². The van der Waals surface area contributed by atoms with Crippen LogP contribution < -0.4 is 19.5 Å². The summed E-state index contributed by atoms with van der Waals surface area (Å²) in [6.07, 6.45) is 0. The number of nitro benzene ring substituents is 1. The van der Waals surface area contributed by atoms with E-state index in [1.54, 1.807) is 0 Å². The van der Waals surface area contributed by atoms with Crippen molar-refractivity contribution in [2.24, 2.45) is 5.92 Å². The van der Waals surface area contributed by atoms with Gasteiger partial charge in [0, 0.05) is 6.07 Å². The van der Waals surface area contributed by atoms with Crippen LogP contribution in [0.3, 0.4) is 0 Å². The van der Waals surface area contributed by atoms with Crippen molar-refractivity contribution in [3.05, 3.63) is 52.1 Å². The molecule has 0 bridgehead atoms. The number of hydrogen-bond donors (Lipinski definition) is 2. The van der Waals surface area contributed by atoms with Crippen molar-refractivity contribution in [3.8, 4) is 11.5 Å². The molecule has 2 N–H and O–H groups in total. The van der Waals surface area contributed by atoms with Gasteiger partial charge in [-0.2, -0.15) is 0 Å². The van der Waals surface area contributed by atoms with Gasteiger partial charge in [-0.1, -0.05) is 19.9 Å². The number of benzene rings is 2. The van der Waals surface area contributed by atoms with Crippen LogP contribution in [-0.4, -0.2) is 33.6 Å². The predicted octanol–water partition coefficient (Wildman–Crippen LogP) is 3.08. The molecule has 0 radical (unpaired) electrons. The van der Waals surface area contributed by atoms with Crippen LogP contribution in [-0.2, 0) is 10.0 Å². The highest BCUT2D eigenvalue weighted by Crippen LogP contribution is 2.37. The Labute approximate surface area is 169 Å². The third-order valence-electron chi connectivity index (χ3n) is 4.65. The van der Waals surface area contributed by atoms with Gasteiger partial charge in [0.15, 0.2) is 11.5 Å². The Balaban J connectivity index is 1.98. The summed E-state index contributed by atoms with van der Waals surface area (Å²) in [4.78, 5) is 10.8. The van der Waals surface area contributed by atoms with Crippen LogP contribution >= 0.6 is 0 Å². The molecule has 0 aromatic heterocycles. The van der Waals surface area contributed by atoms with Gasteiger partial charge in [0.25, 0.3) is 5.69 Å². The fraction of sp³-hybridized carbons (Fsp3) is 0.368. The number of nitrogens with one attached hydrogen (secondary N) is 2. The standard InChI is InChI=1S/C19H23N3O6S/c1-12(2)19(13-4-7-17-18(10-13)28-9-8-27-17)21-15-6-5-14(29(25,26)20-3)11-16(15)22(23)24/h4-7,10-12,19-21H,8-9H2,1-3H3. The first kappa shape index (κ1) is 20.9. The van der Waals surface area contributed by atoms with E-state index in [9.17, 15) is 18.5 Å². The fourth-order valence-corrected chi connectivity index (χ4v) is 3.88. The van der Waals surface area contributed by atoms with E-state index >= 15 is 0 Å². The van der Waals surface area contributed by atoms with Gasteiger partial charge in [0.1, 0.15) is 18.9 Å². The van der Waals surface area contributed by atoms with Gasteiger partial charge in [-0.05, 0) is 42.8 Å². The van der Waals surface area contributed by atoms with Gasteiger partial charge < -0.3 is 14.8 Å². The predicted molar refractivity (Wildman–Crippen MR) is 108 cm³/mol. The van der Waals surface area contributed by atoms with E-state index < -0.39 is 14.9 Å². The molecule has 1 aliphatic heterocycles. The highest BCUT2D eigenvalue weighted by molar-refractivity contribution is 7.89. The molecule has 156 valence electrons. The molecule has 1 aliphatic rings. The number of fused-ring (bicyclic) bond motifs is 1. The SMILES string of the molecule is CNS(=O)(=O)c1ccc(NC(c2ccc3c(c2)OCCO3)C(C)C)c([N+](=O)[O-])c1. The van der Waals surface area contributed by atoms with Crippen LogP contribution in [0.25, 0.3) is 0 Å². The van der Waals surface area contributed by atoms with Crippen molar-refractivity contribution < 1.29 is 22.8 Å². The van der Waals surface area contributed by atoms with Crippen LogP contribution in [0, 0.1) is 16.0 Å². The molecule has 0 spiro atoms. The number of ether oxygens (including phenoxy) is 2. The molecule has 1 atom stereocenters. The van der Waals surface area contributed by atoms with Crippen molar-refractivity contribution in [2.45, 2.75) is 24.8 Å². The summed E-state index contributed by atoms with van der Waals surface area (Å²) in [5.74, 6) is 1.37. The zero-order valence-corrected chi connectivity index (χ0v) is 17.2. The van der Waals surface area contributed by atoms with E-state index in [0.29, 0.717) is 24.7 Å². The second-order valence-electron chi connectivity index (χ2n) is 6.91. The highest BCUT2D eigenvalue weighted by Gasteiger charge is 2.25. The lowest BCUT2D eigenvalue weighted by molar-refractivity contribution is -0.384. The molecule has 10 heteroatoms. The number of nitrogens with zero attached hydrogens (tertiary/aromatic N) is 1. The number of hydrogen-bond acceptors (Lipinski definition) is 7. The molecule has 3 rings (SSSR count). The molecule has 0 amide bonds. The zero-order chi connectivity index (χ0) is 21.2. The molecule has 0 saturated carbocycles. The fourth-order valence-electron chi connectivity index (χ4n) is 3.13. The Morgan fingerprint density at radius 1 is 1.07 bits per heavy atom. The minimum Gasteiger partial charge on any atom is -0.486 e. The summed E-state index contributed by atoms with van der Waals surface area (Å²) in [7, 11) is -2.54. The average Bonchev–Trinajstić information content (AvgIpc) is 2.71. The first-order chi connectivity index (χ1) is 13.7. The summed E-state index contributed by atoms with van der Waals surface area (Å²) in [6.45, 7) is 4.93. The Bertz CT molecular complexity index is 1020. The Kier molecular flexibility index (Phi) is 5.94. The summed E-state index contributed by atoms with van der Waals surface area (Å²) >= 11 is 0. The van der Waals surface area contributed by atoms with Crippen molar-refractivity contribution in [1.82, 2.24) is 4.72 Å². The molecule has 2 aromatic carbocycles. The molecule has 1 heterocycles. The third kappa shape index (κ3) is 4.43. The molecule has 0 saturated heterocycles. The first-order valence-corrected chi connectivity index (χ1v) is 10.6. The van der Waals surface area contributed by atoms with E-state index in [0.717, 1.165) is 11.6 Å². The zero-order valence-electron chi connectivity index (χ0n) is 16.3. The quantitative estimate of drug-likeness (QED) is 0.521. The summed E-state index contributed by atoms with van der Waals surface area (Å²) in [5.41, 5.74) is 0.800. The van der Waals surface area contributed by atoms with Gasteiger partial charge in [-0.25, -0.2) is 13.1 Å². The molecule has 2 aromatic rings. The summed E-state index contributed by atoms with van der Waals surface area (Å²) in [5, 5.41) is 14.8. The van der Waals surface area contributed by atoms with Crippen molar-refractivity contribution in [2.75, 3.05) is 25.6 Å². The topological polar surface area (TPSA) is 120 Å². The third-order valence-corrected chi connectivity index (χ3v) is 6.06. The molecule has 0 fully saturated rings. The summed E-state index contributed by atoms with van der Waals surface area (Å²) < 4.78 is 37.3. The lowest BCUT2D eigenvalue weighted by Gasteiger charge is -2.26. The smallest absolute Gasteiger partial charge is 0.293 e. The lowest BCUT2D eigenvalue weighted by Crippen LogP contribution is -2.20. The Morgan fingerprint density at radius 3 is 2.38 bits per heavy atom. The normalized spacial score (nSPS) is 14.5. The monoisotopic (exact) mass is 421 g/mol. The summed E-state index contributed by atoms with van der Waals surface area (Å²) in [6, 6.07) is 9.09. The Hall–Kier alpha value is -2.85. The van der Waals surface area contributed by atoms with Crippen LogP contribution in [0.1, 0.15) is 25.5 Å². The van der Waals surface area contributed by atoms with Crippen molar-refractivity contribution in [1.29, 1.82) is 0 Å². The van der Waals surface area contributed by atoms with Crippen LogP contribution in [0.2, 0.25) is 0 Å². The molecule has 29 heavy (non-hydrogen) atoms. The van der Waals surface area contributed by atoms with Crippen molar-refractivity contribution in [3.63, 3.8) is 0 Å². The maximum atomic E-state index is 12.0. The minimum absolute atomic E-state index is 0.0814. The average molecular weight is 421 g/mol. The second kappa shape index (κ2) is 8.26. The number of nitro groups is 1. The van der Waals surface area contributed by atoms with E-state index in [-0.39, 0.29) is 28.2 Å². The molecule has 9 nitrogen and oxygen atoms in total. The number of anilines is 1. The second-order valence-corrected chi connectivity index (χ2v) is 8.80. The van der Waals surface area contributed by atoms with Gasteiger partial charge in [0.2, 0.25) is 10.0 Å². The number of sulfonamides is 1. The molecule has 1 unspecified atom stereocenters. The first-order valence-electron chi connectivity index (χ1n) is 9.11. The minimum atomic E-state index is -3.79. The van der Waals surface area contributed by atoms with Crippen LogP contribution in [0.15, 0.2) is 41.3 Å². The van der Waals surface area contributed by atoms with E-state index in [2.05, 4.69) is 10.0 Å². The van der Waals surface area contributed by atoms with E-state index in [4.69, 9.17) is 9.47 Å². The van der Waals surface area contributed by atoms with E-state index in [1.807, 2.05) is 32.0 Å². The molecular formula is C19H23N3O6S. The molecular weight excluding hydrogens is 398 g/mol. The molecule has 0 aliphatic carbocycles. The van der Waals surface area contributed by atoms with Crippen molar-refractivity contribution >= 4 is 21.4 Å². The largest absolute Gasteiger partial charge is 0.486 e. The maximum absolute atomic E-state index is 12.0. The van der Waals surface area contributed by atoms with Gasteiger partial charge in [-0.15, -0.1) is 0 Å². The maximum Gasteiger partial charge on any atom is 0.293 e. The van der Waals surface area contributed by atoms with Gasteiger partial charge in [0.05, 0.1) is 15.9 Å². The van der Waals surface area contributed by atoms with Crippen LogP contribution in [0.5, 0.6) is 11.5 Å². The van der Waals surface area contributed by atoms with Gasteiger partial charge >= 0.3 is 0 Å². The lowest BCUT2D eigenvalue weighted by atomic mass is 9.95. The van der Waals surface area contributed by atoms with E-state index in [1.165, 1.54) is 19.2 Å². The Morgan fingerprint density at radius 2 is 1.76 bits per heavy atom. The highest BCUT2D eigenvalue weighted by atomic mass is 32.2.